The fourth-order valence-corrected chi connectivity index (χ4v) is 0.775. The summed E-state index contributed by atoms with van der Waals surface area (Å²) in [6.07, 6.45) is 0. The number of rotatable bonds is 6. The van der Waals surface area contributed by atoms with E-state index in [1.165, 1.54) is 4.90 Å². The van der Waals surface area contributed by atoms with E-state index in [4.69, 9.17) is 0 Å². The van der Waals surface area contributed by atoms with E-state index >= 15 is 0 Å². The van der Waals surface area contributed by atoms with Crippen molar-refractivity contribution >= 4 is 11.8 Å². The molecule has 0 saturated heterocycles. The monoisotopic (exact) mass is 203 g/mol. The number of hydroxylamine groups is 1. The Kier molecular flexibility index (Phi) is 6.69. The van der Waals surface area contributed by atoms with Gasteiger partial charge < -0.3 is 10.2 Å². The van der Waals surface area contributed by atoms with Crippen LogP contribution < -0.4 is 10.8 Å². The maximum atomic E-state index is 11.2. The van der Waals surface area contributed by atoms with Crippen LogP contribution in [0.2, 0.25) is 0 Å². The number of hydrogen-bond acceptors (Lipinski definition) is 4. The highest BCUT2D eigenvalue weighted by molar-refractivity contribution is 5.84. The molecule has 6 nitrogen and oxygen atoms in total. The van der Waals surface area contributed by atoms with Gasteiger partial charge in [0.2, 0.25) is 5.91 Å². The molecule has 0 spiro atoms. The molecule has 0 atom stereocenters. The smallest absolute Gasteiger partial charge is 0.263 e. The van der Waals surface area contributed by atoms with Crippen molar-refractivity contribution in [3.8, 4) is 0 Å². The zero-order valence-electron chi connectivity index (χ0n) is 8.79. The number of nitrogens with zero attached hydrogens (tertiary/aromatic N) is 1. The molecule has 0 heterocycles. The predicted molar refractivity (Wildman–Crippen MR) is 51.3 cm³/mol. The van der Waals surface area contributed by atoms with Crippen molar-refractivity contribution < 1.29 is 14.4 Å². The topological polar surface area (TPSA) is 70.7 Å². The van der Waals surface area contributed by atoms with Gasteiger partial charge in [-0.15, -0.1) is 0 Å². The molecular weight excluding hydrogens is 186 g/mol. The van der Waals surface area contributed by atoms with E-state index in [1.807, 2.05) is 0 Å². The molecule has 14 heavy (non-hydrogen) atoms. The molecule has 0 aromatic carbocycles. The number of amides is 2. The maximum Gasteiger partial charge on any atom is 0.263 e. The van der Waals surface area contributed by atoms with Crippen LogP contribution in [0, 0.1) is 0 Å². The third kappa shape index (κ3) is 5.50. The molecule has 82 valence electrons. The number of likely N-dealkylation sites (N-methyl/N-ethyl adjacent to an activating group) is 2. The number of carbonyl (C=O) groups excluding carboxylic acids is 2. The molecule has 2 amide bonds. The van der Waals surface area contributed by atoms with Gasteiger partial charge in [-0.25, -0.2) is 5.48 Å². The van der Waals surface area contributed by atoms with E-state index in [0.29, 0.717) is 6.61 Å². The van der Waals surface area contributed by atoms with E-state index in [0.717, 1.165) is 0 Å². The van der Waals surface area contributed by atoms with Gasteiger partial charge in [0.25, 0.3) is 5.91 Å². The van der Waals surface area contributed by atoms with Gasteiger partial charge in [-0.1, -0.05) is 0 Å². The molecule has 0 fully saturated rings. The third-order valence-electron chi connectivity index (χ3n) is 1.46. The normalized spacial score (nSPS) is 9.64. The highest BCUT2D eigenvalue weighted by Crippen LogP contribution is 1.83. The SMILES string of the molecule is CCONC(=O)CN(C)C(=O)CNC. The molecule has 0 unspecified atom stereocenters. The maximum absolute atomic E-state index is 11.2. The Morgan fingerprint density at radius 3 is 2.57 bits per heavy atom. The molecule has 0 aliphatic heterocycles. The molecular formula is C8H17N3O3. The van der Waals surface area contributed by atoms with E-state index in [2.05, 4.69) is 15.6 Å². The quantitative estimate of drug-likeness (QED) is 0.528. The van der Waals surface area contributed by atoms with Crippen LogP contribution in [0.15, 0.2) is 0 Å². The molecule has 0 saturated carbocycles. The first kappa shape index (κ1) is 12.9. The summed E-state index contributed by atoms with van der Waals surface area (Å²) < 4.78 is 0. The summed E-state index contributed by atoms with van der Waals surface area (Å²) in [5.41, 5.74) is 2.21. The van der Waals surface area contributed by atoms with Crippen molar-refractivity contribution in [2.75, 3.05) is 33.8 Å². The summed E-state index contributed by atoms with van der Waals surface area (Å²) >= 11 is 0. The van der Waals surface area contributed by atoms with Gasteiger partial charge in [0.1, 0.15) is 6.54 Å². The van der Waals surface area contributed by atoms with Crippen molar-refractivity contribution in [2.24, 2.45) is 0 Å². The second kappa shape index (κ2) is 7.28. The van der Waals surface area contributed by atoms with Gasteiger partial charge in [-0.05, 0) is 14.0 Å². The van der Waals surface area contributed by atoms with E-state index in [-0.39, 0.29) is 24.9 Å². The van der Waals surface area contributed by atoms with Gasteiger partial charge >= 0.3 is 0 Å². The Bertz CT molecular complexity index is 196. The Morgan fingerprint density at radius 2 is 2.07 bits per heavy atom. The summed E-state index contributed by atoms with van der Waals surface area (Å²) in [6.45, 7) is 2.38. The molecule has 0 aliphatic rings. The highest BCUT2D eigenvalue weighted by atomic mass is 16.6. The average Bonchev–Trinajstić information content (AvgIpc) is 2.15. The molecule has 2 N–H and O–H groups in total. The zero-order chi connectivity index (χ0) is 11.0. The van der Waals surface area contributed by atoms with Crippen LogP contribution in [0.25, 0.3) is 0 Å². The van der Waals surface area contributed by atoms with E-state index in [9.17, 15) is 9.59 Å². The van der Waals surface area contributed by atoms with E-state index in [1.54, 1.807) is 21.0 Å². The van der Waals surface area contributed by atoms with Crippen LogP contribution >= 0.6 is 0 Å². The minimum Gasteiger partial charge on any atom is -0.335 e. The Balaban J connectivity index is 3.75. The lowest BCUT2D eigenvalue weighted by Gasteiger charge is -2.15. The number of nitrogens with one attached hydrogen (secondary N) is 2. The van der Waals surface area contributed by atoms with Crippen LogP contribution in [0.1, 0.15) is 6.92 Å². The largest absolute Gasteiger partial charge is 0.335 e. The van der Waals surface area contributed by atoms with Crippen molar-refractivity contribution in [1.29, 1.82) is 0 Å². The number of hydrogen-bond donors (Lipinski definition) is 2. The lowest BCUT2D eigenvalue weighted by Crippen LogP contribution is -2.41. The van der Waals surface area contributed by atoms with Crippen LogP contribution in [0.4, 0.5) is 0 Å². The fourth-order valence-electron chi connectivity index (χ4n) is 0.775. The fraction of sp³-hybridized carbons (Fsp3) is 0.750. The second-order valence-corrected chi connectivity index (χ2v) is 2.74. The Morgan fingerprint density at radius 1 is 1.43 bits per heavy atom. The lowest BCUT2D eigenvalue weighted by atomic mass is 10.4. The molecule has 0 bridgehead atoms. The number of carbonyl (C=O) groups is 2. The van der Waals surface area contributed by atoms with Crippen molar-refractivity contribution in [3.63, 3.8) is 0 Å². The van der Waals surface area contributed by atoms with Crippen LogP contribution in [0.5, 0.6) is 0 Å². The molecule has 0 rings (SSSR count). The van der Waals surface area contributed by atoms with Crippen LogP contribution in [-0.2, 0) is 14.4 Å². The minimum atomic E-state index is -0.334. The summed E-state index contributed by atoms with van der Waals surface area (Å²) in [4.78, 5) is 28.3. The van der Waals surface area contributed by atoms with Crippen molar-refractivity contribution in [3.05, 3.63) is 0 Å². The minimum absolute atomic E-state index is 0.000509. The molecule has 0 radical (unpaired) electrons. The lowest BCUT2D eigenvalue weighted by molar-refractivity contribution is -0.139. The van der Waals surface area contributed by atoms with Gasteiger partial charge in [0.05, 0.1) is 13.2 Å². The van der Waals surface area contributed by atoms with Gasteiger partial charge in [0.15, 0.2) is 0 Å². The highest BCUT2D eigenvalue weighted by Gasteiger charge is 2.11. The Hall–Kier alpha value is -1.14. The first-order chi connectivity index (χ1) is 6.61. The van der Waals surface area contributed by atoms with Crippen LogP contribution in [0.3, 0.4) is 0 Å². The van der Waals surface area contributed by atoms with Crippen molar-refractivity contribution in [2.45, 2.75) is 6.92 Å². The van der Waals surface area contributed by atoms with E-state index < -0.39 is 0 Å². The average molecular weight is 203 g/mol. The molecule has 0 aliphatic carbocycles. The summed E-state index contributed by atoms with van der Waals surface area (Å²) in [6, 6.07) is 0. The van der Waals surface area contributed by atoms with Gasteiger partial charge in [-0.3, -0.25) is 14.4 Å². The van der Waals surface area contributed by atoms with Gasteiger partial charge in [0, 0.05) is 7.05 Å². The van der Waals surface area contributed by atoms with Crippen LogP contribution in [-0.4, -0.2) is 50.5 Å². The second-order valence-electron chi connectivity index (χ2n) is 2.74. The summed E-state index contributed by atoms with van der Waals surface area (Å²) in [5.74, 6) is -0.474. The molecule has 6 heteroatoms. The zero-order valence-corrected chi connectivity index (χ0v) is 8.79. The third-order valence-corrected chi connectivity index (χ3v) is 1.46. The Labute approximate surface area is 83.5 Å². The predicted octanol–water partition coefficient (Wildman–Crippen LogP) is -1.27. The molecule has 0 aromatic heterocycles. The van der Waals surface area contributed by atoms with Crippen molar-refractivity contribution in [1.82, 2.24) is 15.7 Å². The standard InChI is InChI=1S/C8H17N3O3/c1-4-14-10-7(12)6-11(3)8(13)5-9-2/h9H,4-6H2,1-3H3,(H,10,12). The summed E-state index contributed by atoms with van der Waals surface area (Å²) in [7, 11) is 3.23. The first-order valence-electron chi connectivity index (χ1n) is 4.41. The first-order valence-corrected chi connectivity index (χ1v) is 4.41. The molecule has 0 aromatic rings. The summed E-state index contributed by atoms with van der Waals surface area (Å²) in [5, 5.41) is 2.71. The van der Waals surface area contributed by atoms with Gasteiger partial charge in [-0.2, -0.15) is 0 Å².